The van der Waals surface area contributed by atoms with Gasteiger partial charge in [0, 0.05) is 30.4 Å². The number of rotatable bonds is 7. The van der Waals surface area contributed by atoms with Gasteiger partial charge in [0.2, 0.25) is 5.82 Å². The van der Waals surface area contributed by atoms with E-state index in [0.717, 1.165) is 47.7 Å². The SMILES string of the molecule is COc1ccc2c(c1)-c1nn(CC3CCCO3)cc1Cc1c(-c3noc(COCC(F)(F)F)n3)ncn1-2. The molecular formula is C24H23F3N6O4. The maximum absolute atomic E-state index is 12.4. The van der Waals surface area contributed by atoms with Crippen LogP contribution >= 0.6 is 0 Å². The van der Waals surface area contributed by atoms with Crippen molar-refractivity contribution in [3.63, 3.8) is 0 Å². The van der Waals surface area contributed by atoms with Gasteiger partial charge < -0.3 is 23.3 Å². The van der Waals surface area contributed by atoms with Crippen molar-refractivity contribution in [3.05, 3.63) is 47.9 Å². The minimum atomic E-state index is -4.44. The molecule has 2 aliphatic rings. The number of fused-ring (bicyclic) bond motifs is 5. The lowest BCUT2D eigenvalue weighted by molar-refractivity contribution is -0.178. The Morgan fingerprint density at radius 2 is 2.11 bits per heavy atom. The maximum atomic E-state index is 12.4. The maximum Gasteiger partial charge on any atom is 0.411 e. The van der Waals surface area contributed by atoms with Crippen molar-refractivity contribution in [3.8, 4) is 34.2 Å². The molecule has 0 N–H and O–H groups in total. The van der Waals surface area contributed by atoms with Crippen LogP contribution in [0.4, 0.5) is 13.2 Å². The second-order valence-corrected chi connectivity index (χ2v) is 8.95. The molecule has 1 fully saturated rings. The summed E-state index contributed by atoms with van der Waals surface area (Å²) in [4.78, 5) is 8.75. The lowest BCUT2D eigenvalue weighted by Gasteiger charge is -2.12. The predicted molar refractivity (Wildman–Crippen MR) is 122 cm³/mol. The van der Waals surface area contributed by atoms with Gasteiger partial charge in [-0.1, -0.05) is 5.16 Å². The Kier molecular flexibility index (Phi) is 5.95. The second kappa shape index (κ2) is 9.30. The molecule has 1 aromatic carbocycles. The standard InChI is InChI=1S/C24H23F3N6O4/c1-34-15-4-5-18-17(8-15)21-14(9-32(30-21)10-16-3-2-6-36-16)7-19-22(28-13-33(18)19)23-29-20(37-31-23)11-35-12-24(25,26)27/h4-5,8-9,13,16H,2-3,6-7,10-12H2,1H3. The quantitative estimate of drug-likeness (QED) is 0.320. The minimum Gasteiger partial charge on any atom is -0.497 e. The van der Waals surface area contributed by atoms with Gasteiger partial charge in [0.15, 0.2) is 0 Å². The van der Waals surface area contributed by atoms with Crippen molar-refractivity contribution in [2.24, 2.45) is 0 Å². The van der Waals surface area contributed by atoms with Crippen LogP contribution in [-0.2, 0) is 29.0 Å². The van der Waals surface area contributed by atoms with Crippen molar-refractivity contribution in [1.82, 2.24) is 29.5 Å². The summed E-state index contributed by atoms with van der Waals surface area (Å²) in [7, 11) is 1.61. The Morgan fingerprint density at radius 3 is 2.89 bits per heavy atom. The molecule has 0 amide bonds. The predicted octanol–water partition coefficient (Wildman–Crippen LogP) is 3.96. The number of imidazole rings is 1. The zero-order valence-electron chi connectivity index (χ0n) is 19.9. The first kappa shape index (κ1) is 23.7. The smallest absolute Gasteiger partial charge is 0.411 e. The molecule has 4 aromatic rings. The van der Waals surface area contributed by atoms with Crippen LogP contribution in [-0.4, -0.2) is 62.1 Å². The Hall–Kier alpha value is -3.71. The third kappa shape index (κ3) is 4.71. The first-order valence-electron chi connectivity index (χ1n) is 11.8. The van der Waals surface area contributed by atoms with Gasteiger partial charge in [-0.3, -0.25) is 4.68 Å². The highest BCUT2D eigenvalue weighted by atomic mass is 19.4. The second-order valence-electron chi connectivity index (χ2n) is 8.95. The first-order chi connectivity index (χ1) is 17.9. The zero-order chi connectivity index (χ0) is 25.6. The molecular weight excluding hydrogens is 493 g/mol. The number of nitrogens with zero attached hydrogens (tertiary/aromatic N) is 6. The van der Waals surface area contributed by atoms with E-state index in [2.05, 4.69) is 19.9 Å². The molecule has 1 atom stereocenters. The topological polar surface area (TPSA) is 102 Å². The number of methoxy groups -OCH3 is 1. The number of hydrogen-bond donors (Lipinski definition) is 0. The van der Waals surface area contributed by atoms with Crippen LogP contribution in [0.15, 0.2) is 35.2 Å². The Balaban J connectivity index is 1.36. The fourth-order valence-electron chi connectivity index (χ4n) is 4.73. The molecule has 2 aliphatic heterocycles. The molecule has 0 saturated carbocycles. The van der Waals surface area contributed by atoms with Crippen molar-refractivity contribution in [1.29, 1.82) is 0 Å². The summed E-state index contributed by atoms with van der Waals surface area (Å²) < 4.78 is 62.1. The zero-order valence-corrected chi connectivity index (χ0v) is 19.9. The molecule has 1 unspecified atom stereocenters. The van der Waals surface area contributed by atoms with Crippen LogP contribution < -0.4 is 4.74 Å². The van der Waals surface area contributed by atoms with Crippen molar-refractivity contribution in [2.45, 2.75) is 44.7 Å². The summed E-state index contributed by atoms with van der Waals surface area (Å²) in [5.41, 5.74) is 4.81. The molecule has 10 nitrogen and oxygen atoms in total. The van der Waals surface area contributed by atoms with Gasteiger partial charge in [-0.05, 0) is 31.0 Å². The van der Waals surface area contributed by atoms with E-state index in [9.17, 15) is 13.2 Å². The van der Waals surface area contributed by atoms with E-state index in [-0.39, 0.29) is 17.8 Å². The monoisotopic (exact) mass is 516 g/mol. The Labute approximate surface area is 209 Å². The Bertz CT molecular complexity index is 1420. The number of hydrogen-bond acceptors (Lipinski definition) is 8. The molecule has 5 heterocycles. The summed E-state index contributed by atoms with van der Waals surface area (Å²) in [5, 5.41) is 8.85. The van der Waals surface area contributed by atoms with Crippen LogP contribution in [0.3, 0.4) is 0 Å². The van der Waals surface area contributed by atoms with E-state index >= 15 is 0 Å². The summed E-state index contributed by atoms with van der Waals surface area (Å²) >= 11 is 0. The van der Waals surface area contributed by atoms with Crippen LogP contribution in [0.2, 0.25) is 0 Å². The van der Waals surface area contributed by atoms with E-state index in [4.69, 9.17) is 19.1 Å². The third-order valence-corrected chi connectivity index (χ3v) is 6.37. The van der Waals surface area contributed by atoms with Crippen LogP contribution in [0.5, 0.6) is 5.75 Å². The molecule has 6 rings (SSSR count). The fraction of sp³-hybridized carbons (Fsp3) is 0.417. The van der Waals surface area contributed by atoms with E-state index in [0.29, 0.717) is 24.4 Å². The van der Waals surface area contributed by atoms with Crippen molar-refractivity contribution in [2.75, 3.05) is 20.3 Å². The highest BCUT2D eigenvalue weighted by Gasteiger charge is 2.30. The highest BCUT2D eigenvalue weighted by molar-refractivity contribution is 5.77. The van der Waals surface area contributed by atoms with Gasteiger partial charge in [0.1, 0.15) is 31.0 Å². The molecule has 1 saturated heterocycles. The average Bonchev–Trinajstić information content (AvgIpc) is 3.66. The van der Waals surface area contributed by atoms with E-state index in [1.807, 2.05) is 33.6 Å². The Morgan fingerprint density at radius 1 is 1.22 bits per heavy atom. The van der Waals surface area contributed by atoms with Crippen LogP contribution in [0, 0.1) is 0 Å². The summed E-state index contributed by atoms with van der Waals surface area (Å²) in [6.45, 7) is -0.429. The summed E-state index contributed by atoms with van der Waals surface area (Å²) in [6, 6.07) is 5.74. The molecule has 37 heavy (non-hydrogen) atoms. The number of benzene rings is 1. The molecule has 194 valence electrons. The summed E-state index contributed by atoms with van der Waals surface area (Å²) in [5.74, 6) is 0.804. The van der Waals surface area contributed by atoms with Gasteiger partial charge in [-0.2, -0.15) is 23.3 Å². The molecule has 0 bridgehead atoms. The van der Waals surface area contributed by atoms with Crippen molar-refractivity contribution < 1.29 is 31.9 Å². The molecule has 0 aliphatic carbocycles. The van der Waals surface area contributed by atoms with Gasteiger partial charge >= 0.3 is 6.18 Å². The lowest BCUT2D eigenvalue weighted by Crippen LogP contribution is -2.16. The fourth-order valence-corrected chi connectivity index (χ4v) is 4.73. The average molecular weight is 516 g/mol. The van der Waals surface area contributed by atoms with Crippen LogP contribution in [0.1, 0.15) is 30.0 Å². The van der Waals surface area contributed by atoms with Gasteiger partial charge in [0.25, 0.3) is 5.89 Å². The normalized spacial score (nSPS) is 16.8. The first-order valence-corrected chi connectivity index (χ1v) is 11.8. The van der Waals surface area contributed by atoms with Gasteiger partial charge in [0.05, 0.1) is 36.8 Å². The van der Waals surface area contributed by atoms with Crippen molar-refractivity contribution >= 4 is 0 Å². The number of ether oxygens (including phenoxy) is 3. The molecule has 0 radical (unpaired) electrons. The lowest BCUT2D eigenvalue weighted by atomic mass is 10.0. The third-order valence-electron chi connectivity index (χ3n) is 6.37. The minimum absolute atomic E-state index is 0.0650. The molecule has 13 heteroatoms. The van der Waals surface area contributed by atoms with Gasteiger partial charge in [-0.25, -0.2) is 4.98 Å². The van der Waals surface area contributed by atoms with Crippen LogP contribution in [0.25, 0.3) is 28.5 Å². The molecule has 0 spiro atoms. The highest BCUT2D eigenvalue weighted by Crippen LogP contribution is 2.39. The van der Waals surface area contributed by atoms with E-state index < -0.39 is 19.4 Å². The number of aromatic nitrogens is 6. The largest absolute Gasteiger partial charge is 0.497 e. The molecule has 3 aromatic heterocycles. The summed E-state index contributed by atoms with van der Waals surface area (Å²) in [6.07, 6.45) is 1.89. The van der Waals surface area contributed by atoms with E-state index in [1.54, 1.807) is 13.4 Å². The number of alkyl halides is 3. The van der Waals surface area contributed by atoms with Gasteiger partial charge in [-0.15, -0.1) is 0 Å². The number of halogens is 3. The van der Waals surface area contributed by atoms with E-state index in [1.165, 1.54) is 0 Å².